The van der Waals surface area contributed by atoms with Crippen LogP contribution in [-0.4, -0.2) is 57.8 Å². The number of guanidine groups is 1. The van der Waals surface area contributed by atoms with Crippen molar-refractivity contribution in [3.8, 4) is 0 Å². The maximum Gasteiger partial charge on any atom is 0.188 e. The summed E-state index contributed by atoms with van der Waals surface area (Å²) in [5.41, 5.74) is 6.26. The predicted octanol–water partition coefficient (Wildman–Crippen LogP) is 1.05. The van der Waals surface area contributed by atoms with Gasteiger partial charge in [-0.2, -0.15) is 0 Å². The van der Waals surface area contributed by atoms with Crippen LogP contribution in [0.25, 0.3) is 0 Å². The summed E-state index contributed by atoms with van der Waals surface area (Å²) >= 11 is 0. The van der Waals surface area contributed by atoms with Crippen LogP contribution in [0.4, 0.5) is 0 Å². The van der Waals surface area contributed by atoms with Gasteiger partial charge in [0.15, 0.2) is 5.96 Å². The molecule has 3 N–H and O–H groups in total. The molecule has 1 fully saturated rings. The van der Waals surface area contributed by atoms with E-state index in [1.54, 1.807) is 7.11 Å². The highest BCUT2D eigenvalue weighted by atomic mass is 16.5. The largest absolute Gasteiger partial charge is 0.383 e. The van der Waals surface area contributed by atoms with Crippen LogP contribution in [0.3, 0.4) is 0 Å². The number of nitrogens with two attached hydrogens (primary N) is 1. The lowest BCUT2D eigenvalue weighted by Gasteiger charge is -2.30. The van der Waals surface area contributed by atoms with Gasteiger partial charge in [-0.3, -0.25) is 4.99 Å². The number of nitrogens with zero attached hydrogens (tertiary/aromatic N) is 2. The average molecular weight is 270 g/mol. The molecular weight excluding hydrogens is 240 g/mol. The zero-order valence-electron chi connectivity index (χ0n) is 12.9. The zero-order valence-corrected chi connectivity index (χ0v) is 12.9. The Morgan fingerprint density at radius 1 is 1.42 bits per heavy atom. The summed E-state index contributed by atoms with van der Waals surface area (Å²) < 4.78 is 5.08. The van der Waals surface area contributed by atoms with Crippen molar-refractivity contribution in [3.63, 3.8) is 0 Å². The van der Waals surface area contributed by atoms with Crippen LogP contribution in [0.2, 0.25) is 0 Å². The smallest absolute Gasteiger partial charge is 0.188 e. The molecule has 0 aromatic rings. The monoisotopic (exact) mass is 270 g/mol. The van der Waals surface area contributed by atoms with Gasteiger partial charge >= 0.3 is 0 Å². The quantitative estimate of drug-likeness (QED) is 0.536. The maximum absolute atomic E-state index is 5.94. The van der Waals surface area contributed by atoms with Crippen molar-refractivity contribution < 1.29 is 4.74 Å². The molecule has 0 bridgehead atoms. The molecule has 1 unspecified atom stereocenters. The summed E-state index contributed by atoms with van der Waals surface area (Å²) in [4.78, 5) is 6.82. The topological polar surface area (TPSA) is 62.9 Å². The van der Waals surface area contributed by atoms with Crippen LogP contribution < -0.4 is 11.1 Å². The number of hydrogen-bond donors (Lipinski definition) is 2. The van der Waals surface area contributed by atoms with E-state index < -0.39 is 0 Å². The van der Waals surface area contributed by atoms with Gasteiger partial charge in [0.1, 0.15) is 0 Å². The van der Waals surface area contributed by atoms with Crippen LogP contribution in [-0.2, 0) is 4.74 Å². The standard InChI is InChI=1S/C14H30N4O/c1-12(9-19-4)17-13(15)16-10-14(11-18(2)3)7-5-6-8-14/h12H,5-11H2,1-4H3,(H3,15,16,17). The van der Waals surface area contributed by atoms with E-state index in [-0.39, 0.29) is 6.04 Å². The van der Waals surface area contributed by atoms with Crippen molar-refractivity contribution in [2.24, 2.45) is 16.1 Å². The molecule has 1 atom stereocenters. The van der Waals surface area contributed by atoms with Crippen molar-refractivity contribution >= 4 is 5.96 Å². The van der Waals surface area contributed by atoms with E-state index in [9.17, 15) is 0 Å². The molecule has 112 valence electrons. The third-order valence-corrected chi connectivity index (χ3v) is 3.71. The van der Waals surface area contributed by atoms with E-state index in [0.717, 1.165) is 13.1 Å². The van der Waals surface area contributed by atoms with E-state index in [2.05, 4.69) is 29.3 Å². The first-order valence-corrected chi connectivity index (χ1v) is 7.17. The van der Waals surface area contributed by atoms with Gasteiger partial charge in [-0.15, -0.1) is 0 Å². The fraction of sp³-hybridized carbons (Fsp3) is 0.929. The van der Waals surface area contributed by atoms with E-state index >= 15 is 0 Å². The fourth-order valence-electron chi connectivity index (χ4n) is 3.00. The molecular formula is C14H30N4O. The molecule has 0 radical (unpaired) electrons. The number of nitrogens with one attached hydrogen (secondary N) is 1. The lowest BCUT2D eigenvalue weighted by atomic mass is 9.86. The first-order valence-electron chi connectivity index (χ1n) is 7.17. The Bertz CT molecular complexity index is 285. The fourth-order valence-corrected chi connectivity index (χ4v) is 3.00. The molecule has 0 saturated heterocycles. The Morgan fingerprint density at radius 2 is 2.05 bits per heavy atom. The number of aliphatic imine (C=N–C) groups is 1. The van der Waals surface area contributed by atoms with Crippen LogP contribution in [0.5, 0.6) is 0 Å². The number of hydrogen-bond acceptors (Lipinski definition) is 3. The van der Waals surface area contributed by atoms with Gasteiger partial charge in [-0.25, -0.2) is 0 Å². The van der Waals surface area contributed by atoms with Gasteiger partial charge in [0.05, 0.1) is 6.61 Å². The number of rotatable bonds is 7. The molecule has 0 aromatic carbocycles. The Labute approximate surface area is 117 Å². The second kappa shape index (κ2) is 7.70. The van der Waals surface area contributed by atoms with Crippen molar-refractivity contribution in [1.82, 2.24) is 10.2 Å². The molecule has 0 spiro atoms. The number of methoxy groups -OCH3 is 1. The predicted molar refractivity (Wildman–Crippen MR) is 80.4 cm³/mol. The first kappa shape index (κ1) is 16.2. The second-order valence-electron chi connectivity index (χ2n) is 6.15. The van der Waals surface area contributed by atoms with Crippen LogP contribution in [0, 0.1) is 5.41 Å². The summed E-state index contributed by atoms with van der Waals surface area (Å²) in [5, 5.41) is 3.16. The Hall–Kier alpha value is -0.810. The Balaban J connectivity index is 2.50. The third kappa shape index (κ3) is 5.78. The zero-order chi connectivity index (χ0) is 14.3. The third-order valence-electron chi connectivity index (χ3n) is 3.71. The number of ether oxygens (including phenoxy) is 1. The average Bonchev–Trinajstić information content (AvgIpc) is 2.75. The SMILES string of the molecule is COCC(C)NC(N)=NCC1(CN(C)C)CCCC1. The van der Waals surface area contributed by atoms with Gasteiger partial charge in [-0.1, -0.05) is 12.8 Å². The molecule has 0 aliphatic heterocycles. The second-order valence-corrected chi connectivity index (χ2v) is 6.15. The van der Waals surface area contributed by atoms with Crippen LogP contribution in [0.1, 0.15) is 32.6 Å². The van der Waals surface area contributed by atoms with Gasteiger partial charge in [0.25, 0.3) is 0 Å². The van der Waals surface area contributed by atoms with Crippen LogP contribution >= 0.6 is 0 Å². The highest BCUT2D eigenvalue weighted by Gasteiger charge is 2.34. The van der Waals surface area contributed by atoms with E-state index in [1.807, 2.05) is 6.92 Å². The van der Waals surface area contributed by atoms with Crippen molar-refractivity contribution in [3.05, 3.63) is 0 Å². The minimum Gasteiger partial charge on any atom is -0.383 e. The minimum absolute atomic E-state index is 0.196. The summed E-state index contributed by atoms with van der Waals surface area (Å²) in [6.07, 6.45) is 5.15. The molecule has 0 amide bonds. The maximum atomic E-state index is 5.94. The van der Waals surface area contributed by atoms with Crippen molar-refractivity contribution in [2.75, 3.05) is 40.9 Å². The van der Waals surface area contributed by atoms with Gasteiger partial charge in [0, 0.05) is 31.7 Å². The minimum atomic E-state index is 0.196. The molecule has 5 nitrogen and oxygen atoms in total. The van der Waals surface area contributed by atoms with Gasteiger partial charge in [-0.05, 0) is 33.9 Å². The van der Waals surface area contributed by atoms with E-state index in [1.165, 1.54) is 25.7 Å². The molecule has 1 aliphatic carbocycles. The summed E-state index contributed by atoms with van der Waals surface area (Å²) in [7, 11) is 5.95. The first-order chi connectivity index (χ1) is 8.97. The Morgan fingerprint density at radius 3 is 2.58 bits per heavy atom. The molecule has 19 heavy (non-hydrogen) atoms. The molecule has 1 aliphatic rings. The lowest BCUT2D eigenvalue weighted by molar-refractivity contribution is 0.179. The van der Waals surface area contributed by atoms with Gasteiger partial charge < -0.3 is 20.7 Å². The molecule has 0 aromatic heterocycles. The summed E-state index contributed by atoms with van der Waals surface area (Å²) in [6.45, 7) is 4.59. The molecule has 1 rings (SSSR count). The summed E-state index contributed by atoms with van der Waals surface area (Å²) in [6, 6.07) is 0.196. The normalized spacial score (nSPS) is 20.8. The van der Waals surface area contributed by atoms with Gasteiger partial charge in [0.2, 0.25) is 0 Å². The highest BCUT2D eigenvalue weighted by Crippen LogP contribution is 2.38. The van der Waals surface area contributed by atoms with Crippen LogP contribution in [0.15, 0.2) is 4.99 Å². The lowest BCUT2D eigenvalue weighted by Crippen LogP contribution is -2.42. The molecule has 1 saturated carbocycles. The van der Waals surface area contributed by atoms with Crippen molar-refractivity contribution in [1.29, 1.82) is 0 Å². The van der Waals surface area contributed by atoms with Crippen molar-refractivity contribution in [2.45, 2.75) is 38.6 Å². The van der Waals surface area contributed by atoms with E-state index in [0.29, 0.717) is 18.0 Å². The highest BCUT2D eigenvalue weighted by molar-refractivity contribution is 5.78. The molecule has 5 heteroatoms. The van der Waals surface area contributed by atoms with E-state index in [4.69, 9.17) is 10.5 Å². The molecule has 0 heterocycles. The summed E-state index contributed by atoms with van der Waals surface area (Å²) in [5.74, 6) is 0.537. The Kier molecular flexibility index (Phi) is 6.58.